The predicted molar refractivity (Wildman–Crippen MR) is 79.6 cm³/mol. The first-order valence-electron chi connectivity index (χ1n) is 5.67. The SMILES string of the molecule is Clc1ccc2sc3ccc4ccncc4c3c2c1. The van der Waals surface area contributed by atoms with Crippen LogP contribution in [-0.4, -0.2) is 4.98 Å². The molecule has 0 amide bonds. The van der Waals surface area contributed by atoms with Crippen molar-refractivity contribution in [2.75, 3.05) is 0 Å². The third-order valence-corrected chi connectivity index (χ3v) is 4.59. The Morgan fingerprint density at radius 2 is 1.83 bits per heavy atom. The van der Waals surface area contributed by atoms with Crippen molar-refractivity contribution in [2.24, 2.45) is 0 Å². The highest BCUT2D eigenvalue weighted by Gasteiger charge is 2.08. The van der Waals surface area contributed by atoms with Crippen molar-refractivity contribution in [3.8, 4) is 0 Å². The molecular weight excluding hydrogens is 262 g/mol. The number of benzene rings is 2. The second-order valence-electron chi connectivity index (χ2n) is 4.28. The Morgan fingerprint density at radius 3 is 2.78 bits per heavy atom. The summed E-state index contributed by atoms with van der Waals surface area (Å²) in [7, 11) is 0. The monoisotopic (exact) mass is 269 g/mol. The van der Waals surface area contributed by atoms with Crippen molar-refractivity contribution in [1.82, 2.24) is 4.98 Å². The smallest absolute Gasteiger partial charge is 0.0413 e. The molecule has 0 atom stereocenters. The fraction of sp³-hybridized carbons (Fsp3) is 0. The highest BCUT2D eigenvalue weighted by Crippen LogP contribution is 2.38. The van der Waals surface area contributed by atoms with E-state index in [2.05, 4.69) is 23.2 Å². The molecule has 3 heteroatoms. The number of hydrogen-bond acceptors (Lipinski definition) is 2. The highest BCUT2D eigenvalue weighted by molar-refractivity contribution is 7.26. The number of hydrogen-bond donors (Lipinski definition) is 0. The van der Waals surface area contributed by atoms with Crippen molar-refractivity contribution in [3.05, 3.63) is 53.8 Å². The van der Waals surface area contributed by atoms with Gasteiger partial charge in [-0.15, -0.1) is 11.3 Å². The van der Waals surface area contributed by atoms with Gasteiger partial charge in [0.05, 0.1) is 0 Å². The van der Waals surface area contributed by atoms with E-state index in [9.17, 15) is 0 Å². The van der Waals surface area contributed by atoms with E-state index in [0.29, 0.717) is 0 Å². The maximum Gasteiger partial charge on any atom is 0.0413 e. The Balaban J connectivity index is 2.35. The third-order valence-electron chi connectivity index (χ3n) is 3.22. The first-order chi connectivity index (χ1) is 8.83. The lowest BCUT2D eigenvalue weighted by atomic mass is 10.1. The molecule has 0 aliphatic rings. The maximum absolute atomic E-state index is 6.12. The second kappa shape index (κ2) is 3.67. The summed E-state index contributed by atoms with van der Waals surface area (Å²) in [5.74, 6) is 0. The lowest BCUT2D eigenvalue weighted by molar-refractivity contribution is 1.37. The number of aromatic nitrogens is 1. The summed E-state index contributed by atoms with van der Waals surface area (Å²) in [4.78, 5) is 4.24. The number of fused-ring (bicyclic) bond motifs is 5. The quantitative estimate of drug-likeness (QED) is 0.424. The van der Waals surface area contributed by atoms with E-state index in [1.165, 1.54) is 30.9 Å². The van der Waals surface area contributed by atoms with Crippen LogP contribution in [0.3, 0.4) is 0 Å². The average Bonchev–Trinajstić information content (AvgIpc) is 2.77. The minimum atomic E-state index is 0.781. The van der Waals surface area contributed by atoms with Crippen LogP contribution in [0.25, 0.3) is 30.9 Å². The van der Waals surface area contributed by atoms with Crippen LogP contribution in [0.15, 0.2) is 48.8 Å². The summed E-state index contributed by atoms with van der Waals surface area (Å²) < 4.78 is 2.55. The Kier molecular flexibility index (Phi) is 2.10. The largest absolute Gasteiger partial charge is 0.264 e. The van der Waals surface area contributed by atoms with Gasteiger partial charge in [0, 0.05) is 43.0 Å². The van der Waals surface area contributed by atoms with Crippen molar-refractivity contribution in [1.29, 1.82) is 0 Å². The average molecular weight is 270 g/mol. The lowest BCUT2D eigenvalue weighted by Gasteiger charge is -1.99. The van der Waals surface area contributed by atoms with Crippen molar-refractivity contribution < 1.29 is 0 Å². The van der Waals surface area contributed by atoms with Gasteiger partial charge < -0.3 is 0 Å². The van der Waals surface area contributed by atoms with E-state index >= 15 is 0 Å². The number of nitrogens with zero attached hydrogens (tertiary/aromatic N) is 1. The van der Waals surface area contributed by atoms with Gasteiger partial charge in [0.2, 0.25) is 0 Å². The normalized spacial score (nSPS) is 11.6. The van der Waals surface area contributed by atoms with E-state index in [0.717, 1.165) is 5.02 Å². The third kappa shape index (κ3) is 1.36. The van der Waals surface area contributed by atoms with Gasteiger partial charge in [0.1, 0.15) is 0 Å². The summed E-state index contributed by atoms with van der Waals surface area (Å²) in [6, 6.07) is 12.4. The summed E-state index contributed by atoms with van der Waals surface area (Å²) in [6.07, 6.45) is 3.76. The number of thiophene rings is 1. The summed E-state index contributed by atoms with van der Waals surface area (Å²) in [6.45, 7) is 0. The molecule has 0 saturated heterocycles. The molecule has 2 heterocycles. The van der Waals surface area contributed by atoms with Crippen molar-refractivity contribution in [2.45, 2.75) is 0 Å². The Bertz CT molecular complexity index is 895. The Morgan fingerprint density at radius 1 is 0.944 bits per heavy atom. The van der Waals surface area contributed by atoms with E-state index in [-0.39, 0.29) is 0 Å². The fourth-order valence-electron chi connectivity index (χ4n) is 2.41. The van der Waals surface area contributed by atoms with Gasteiger partial charge in [0.15, 0.2) is 0 Å². The first kappa shape index (κ1) is 10.3. The summed E-state index contributed by atoms with van der Waals surface area (Å²) in [5.41, 5.74) is 0. The topological polar surface area (TPSA) is 12.9 Å². The van der Waals surface area contributed by atoms with E-state index < -0.39 is 0 Å². The molecule has 0 bridgehead atoms. The Hall–Kier alpha value is -1.64. The molecular formula is C15H8ClNS. The molecule has 4 rings (SSSR count). The van der Waals surface area contributed by atoms with Crippen LogP contribution < -0.4 is 0 Å². The van der Waals surface area contributed by atoms with Crippen LogP contribution in [0.1, 0.15) is 0 Å². The van der Waals surface area contributed by atoms with Gasteiger partial charge in [-0.25, -0.2) is 0 Å². The molecule has 18 heavy (non-hydrogen) atoms. The predicted octanol–water partition coefficient (Wildman–Crippen LogP) is 5.26. The zero-order valence-corrected chi connectivity index (χ0v) is 10.9. The molecule has 4 aromatic rings. The van der Waals surface area contributed by atoms with Gasteiger partial charge in [0.25, 0.3) is 0 Å². The summed E-state index contributed by atoms with van der Waals surface area (Å²) in [5, 5.41) is 5.69. The number of rotatable bonds is 0. The molecule has 0 N–H and O–H groups in total. The van der Waals surface area contributed by atoms with Crippen LogP contribution in [0.5, 0.6) is 0 Å². The van der Waals surface area contributed by atoms with Crippen molar-refractivity contribution >= 4 is 53.9 Å². The molecule has 0 fully saturated rings. The van der Waals surface area contributed by atoms with Crippen LogP contribution in [-0.2, 0) is 0 Å². The van der Waals surface area contributed by atoms with E-state index in [4.69, 9.17) is 11.6 Å². The molecule has 0 aliphatic carbocycles. The van der Waals surface area contributed by atoms with Gasteiger partial charge in [-0.3, -0.25) is 4.98 Å². The molecule has 0 spiro atoms. The molecule has 0 saturated carbocycles. The first-order valence-corrected chi connectivity index (χ1v) is 6.87. The van der Waals surface area contributed by atoms with Crippen LogP contribution in [0.4, 0.5) is 0 Å². The molecule has 0 radical (unpaired) electrons. The highest BCUT2D eigenvalue weighted by atomic mass is 35.5. The van der Waals surface area contributed by atoms with Crippen LogP contribution >= 0.6 is 22.9 Å². The standard InChI is InChI=1S/C15H8ClNS/c16-10-2-4-13-11(7-10)15-12-8-17-6-5-9(12)1-3-14(15)18-13/h1-8H. The van der Waals surface area contributed by atoms with Gasteiger partial charge in [-0.05, 0) is 35.7 Å². The van der Waals surface area contributed by atoms with Crippen LogP contribution in [0.2, 0.25) is 5.02 Å². The minimum absolute atomic E-state index is 0.781. The maximum atomic E-state index is 6.12. The van der Waals surface area contributed by atoms with Gasteiger partial charge in [-0.1, -0.05) is 17.7 Å². The molecule has 2 aromatic heterocycles. The fourth-order valence-corrected chi connectivity index (χ4v) is 3.68. The molecule has 1 nitrogen and oxygen atoms in total. The number of halogens is 1. The van der Waals surface area contributed by atoms with Gasteiger partial charge in [-0.2, -0.15) is 0 Å². The molecule has 0 aliphatic heterocycles. The zero-order valence-electron chi connectivity index (χ0n) is 9.35. The second-order valence-corrected chi connectivity index (χ2v) is 5.80. The van der Waals surface area contributed by atoms with E-state index in [1.54, 1.807) is 11.3 Å². The van der Waals surface area contributed by atoms with Gasteiger partial charge >= 0.3 is 0 Å². The molecule has 2 aromatic carbocycles. The summed E-state index contributed by atoms with van der Waals surface area (Å²) >= 11 is 7.91. The van der Waals surface area contributed by atoms with Crippen molar-refractivity contribution in [3.63, 3.8) is 0 Å². The Labute approximate surface area is 113 Å². The lowest BCUT2D eigenvalue weighted by Crippen LogP contribution is -1.76. The van der Waals surface area contributed by atoms with Crippen LogP contribution in [0, 0.1) is 0 Å². The van der Waals surface area contributed by atoms with E-state index in [1.807, 2.05) is 30.6 Å². The molecule has 0 unspecified atom stereocenters. The number of pyridine rings is 1. The zero-order chi connectivity index (χ0) is 12.1. The molecule has 86 valence electrons. The minimum Gasteiger partial charge on any atom is -0.264 e.